The van der Waals surface area contributed by atoms with E-state index in [9.17, 15) is 14.4 Å². The predicted octanol–water partition coefficient (Wildman–Crippen LogP) is 1.06. The standard InChI is InChI=1S/C13H12ClN3O4/c1-2-12(19)17(16-8-7-11(18)15-13(16)20)21-10-5-3-9(14)4-6-10/h3-8H,2H2,1H3,(H,15,18,20). The minimum Gasteiger partial charge on any atom is -0.356 e. The van der Waals surface area contributed by atoms with Crippen molar-refractivity contribution >= 4 is 17.5 Å². The van der Waals surface area contributed by atoms with Crippen molar-refractivity contribution in [2.75, 3.05) is 5.17 Å². The first-order valence-corrected chi connectivity index (χ1v) is 6.48. The third-order valence-electron chi connectivity index (χ3n) is 2.52. The van der Waals surface area contributed by atoms with E-state index in [4.69, 9.17) is 16.4 Å². The van der Waals surface area contributed by atoms with Gasteiger partial charge in [-0.15, -0.1) is 0 Å². The molecule has 0 aliphatic carbocycles. The molecule has 1 heterocycles. The molecule has 110 valence electrons. The number of hydrogen-bond donors (Lipinski definition) is 1. The minimum atomic E-state index is -0.779. The van der Waals surface area contributed by atoms with E-state index in [1.54, 1.807) is 31.2 Å². The van der Waals surface area contributed by atoms with Gasteiger partial charge in [0.2, 0.25) is 0 Å². The first kappa shape index (κ1) is 14.9. The highest BCUT2D eigenvalue weighted by Crippen LogP contribution is 2.16. The zero-order valence-corrected chi connectivity index (χ0v) is 11.8. The fraction of sp³-hybridized carbons (Fsp3) is 0.154. The smallest absolute Gasteiger partial charge is 0.350 e. The second-order valence-electron chi connectivity index (χ2n) is 4.02. The number of nitrogens with one attached hydrogen (secondary N) is 1. The van der Waals surface area contributed by atoms with Gasteiger partial charge in [-0.25, -0.2) is 4.79 Å². The molecule has 1 N–H and O–H groups in total. The third-order valence-corrected chi connectivity index (χ3v) is 2.77. The lowest BCUT2D eigenvalue weighted by molar-refractivity contribution is -0.125. The van der Waals surface area contributed by atoms with Crippen LogP contribution in [0.15, 0.2) is 46.1 Å². The predicted molar refractivity (Wildman–Crippen MR) is 76.9 cm³/mol. The first-order valence-electron chi connectivity index (χ1n) is 6.10. The molecule has 8 heteroatoms. The number of carbonyl (C=O) groups is 1. The van der Waals surface area contributed by atoms with Crippen molar-refractivity contribution in [3.05, 3.63) is 62.4 Å². The Kier molecular flexibility index (Phi) is 4.44. The van der Waals surface area contributed by atoms with Gasteiger partial charge in [0, 0.05) is 23.7 Å². The van der Waals surface area contributed by atoms with Crippen molar-refractivity contribution in [3.8, 4) is 5.75 Å². The van der Waals surface area contributed by atoms with E-state index < -0.39 is 17.2 Å². The van der Waals surface area contributed by atoms with Crippen LogP contribution in [-0.2, 0) is 4.79 Å². The summed E-state index contributed by atoms with van der Waals surface area (Å²) in [7, 11) is 0. The van der Waals surface area contributed by atoms with E-state index in [1.807, 2.05) is 4.98 Å². The highest BCUT2D eigenvalue weighted by atomic mass is 35.5. The van der Waals surface area contributed by atoms with Crippen molar-refractivity contribution < 1.29 is 9.63 Å². The van der Waals surface area contributed by atoms with Gasteiger partial charge < -0.3 is 4.84 Å². The van der Waals surface area contributed by atoms with E-state index in [0.717, 1.165) is 22.1 Å². The number of halogens is 1. The van der Waals surface area contributed by atoms with Crippen LogP contribution in [0.1, 0.15) is 13.3 Å². The number of aromatic nitrogens is 2. The molecule has 0 unspecified atom stereocenters. The van der Waals surface area contributed by atoms with E-state index >= 15 is 0 Å². The summed E-state index contributed by atoms with van der Waals surface area (Å²) in [5, 5.41) is 1.29. The molecule has 0 bridgehead atoms. The largest absolute Gasteiger partial charge is 0.356 e. The Labute approximate surface area is 124 Å². The molecule has 0 aliphatic rings. The molecule has 0 radical (unpaired) electrons. The van der Waals surface area contributed by atoms with E-state index in [2.05, 4.69) is 0 Å². The van der Waals surface area contributed by atoms with Crippen molar-refractivity contribution in [3.63, 3.8) is 0 Å². The molecule has 1 amide bonds. The van der Waals surface area contributed by atoms with Gasteiger partial charge in [-0.2, -0.15) is 4.68 Å². The number of hydroxylamine groups is 1. The number of amides is 1. The Bertz CT molecular complexity index is 751. The average Bonchev–Trinajstić information content (AvgIpc) is 2.47. The number of benzene rings is 1. The number of carbonyl (C=O) groups excluding carboxylic acids is 1. The number of rotatable bonds is 4. The van der Waals surface area contributed by atoms with Gasteiger partial charge in [0.25, 0.3) is 11.5 Å². The fourth-order valence-electron chi connectivity index (χ4n) is 1.50. The second kappa shape index (κ2) is 6.27. The number of H-pyrrole nitrogens is 1. The lowest BCUT2D eigenvalue weighted by Crippen LogP contribution is -2.50. The maximum Gasteiger partial charge on any atom is 0.350 e. The van der Waals surface area contributed by atoms with Crippen LogP contribution in [0, 0.1) is 0 Å². The van der Waals surface area contributed by atoms with Gasteiger partial charge in [0.15, 0.2) is 5.75 Å². The molecule has 0 spiro atoms. The van der Waals surface area contributed by atoms with Crippen LogP contribution < -0.4 is 21.3 Å². The Morgan fingerprint density at radius 2 is 1.95 bits per heavy atom. The van der Waals surface area contributed by atoms with Gasteiger partial charge in [-0.3, -0.25) is 14.6 Å². The maximum absolute atomic E-state index is 11.9. The van der Waals surface area contributed by atoms with Gasteiger partial charge in [0.05, 0.1) is 0 Å². The van der Waals surface area contributed by atoms with Crippen molar-refractivity contribution in [1.82, 2.24) is 9.66 Å². The van der Waals surface area contributed by atoms with Crippen molar-refractivity contribution in [2.24, 2.45) is 0 Å². The van der Waals surface area contributed by atoms with Crippen molar-refractivity contribution in [1.29, 1.82) is 0 Å². The molecule has 0 saturated carbocycles. The summed E-state index contributed by atoms with van der Waals surface area (Å²) in [6.07, 6.45) is 1.27. The monoisotopic (exact) mass is 309 g/mol. The van der Waals surface area contributed by atoms with Gasteiger partial charge in [-0.05, 0) is 24.3 Å². The van der Waals surface area contributed by atoms with Crippen LogP contribution in [0.2, 0.25) is 5.02 Å². The van der Waals surface area contributed by atoms with E-state index in [1.165, 1.54) is 0 Å². The Morgan fingerprint density at radius 1 is 1.29 bits per heavy atom. The summed E-state index contributed by atoms with van der Waals surface area (Å²) >= 11 is 5.77. The quantitative estimate of drug-likeness (QED) is 0.856. The van der Waals surface area contributed by atoms with E-state index in [-0.39, 0.29) is 6.42 Å². The molecular weight excluding hydrogens is 298 g/mol. The highest BCUT2D eigenvalue weighted by molar-refractivity contribution is 6.30. The zero-order valence-electron chi connectivity index (χ0n) is 11.1. The van der Waals surface area contributed by atoms with Gasteiger partial charge in [0.1, 0.15) is 0 Å². The summed E-state index contributed by atoms with van der Waals surface area (Å²) in [5.41, 5.74) is -1.34. The molecule has 1 aromatic carbocycles. The topological polar surface area (TPSA) is 84.4 Å². The van der Waals surface area contributed by atoms with E-state index in [0.29, 0.717) is 10.8 Å². The highest BCUT2D eigenvalue weighted by Gasteiger charge is 2.17. The summed E-state index contributed by atoms with van der Waals surface area (Å²) in [4.78, 5) is 42.2. The summed E-state index contributed by atoms with van der Waals surface area (Å²) < 4.78 is 0.877. The molecule has 0 saturated heterocycles. The summed E-state index contributed by atoms with van der Waals surface area (Å²) in [6.45, 7) is 1.62. The molecule has 2 aromatic rings. The molecule has 1 aromatic heterocycles. The minimum absolute atomic E-state index is 0.110. The van der Waals surface area contributed by atoms with Crippen LogP contribution in [0.25, 0.3) is 0 Å². The summed E-state index contributed by atoms with van der Waals surface area (Å²) in [6, 6.07) is 7.38. The summed E-state index contributed by atoms with van der Waals surface area (Å²) in [5.74, 6) is -0.140. The molecule has 0 aliphatic heterocycles. The van der Waals surface area contributed by atoms with Crippen LogP contribution in [-0.4, -0.2) is 15.6 Å². The van der Waals surface area contributed by atoms with Crippen LogP contribution in [0.3, 0.4) is 0 Å². The molecule has 0 atom stereocenters. The molecule has 7 nitrogen and oxygen atoms in total. The molecular formula is C13H12ClN3O4. The number of hydrogen-bond acceptors (Lipinski definition) is 4. The first-order chi connectivity index (χ1) is 10.0. The maximum atomic E-state index is 11.9. The Balaban J connectivity index is 2.39. The Morgan fingerprint density at radius 3 is 2.52 bits per heavy atom. The molecule has 21 heavy (non-hydrogen) atoms. The molecule has 0 fully saturated rings. The SMILES string of the molecule is CCC(=O)N(Oc1ccc(Cl)cc1)n1ccc(=O)[nH]c1=O. The van der Waals surface area contributed by atoms with Gasteiger partial charge in [-0.1, -0.05) is 23.7 Å². The van der Waals surface area contributed by atoms with Crippen LogP contribution in [0.5, 0.6) is 5.75 Å². The zero-order chi connectivity index (χ0) is 15.4. The average molecular weight is 310 g/mol. The van der Waals surface area contributed by atoms with Crippen LogP contribution in [0.4, 0.5) is 0 Å². The number of aromatic amines is 1. The molecule has 2 rings (SSSR count). The lowest BCUT2D eigenvalue weighted by atomic mass is 10.3. The van der Waals surface area contributed by atoms with Crippen LogP contribution >= 0.6 is 11.6 Å². The third kappa shape index (κ3) is 3.51. The fourth-order valence-corrected chi connectivity index (χ4v) is 1.62. The van der Waals surface area contributed by atoms with Crippen molar-refractivity contribution in [2.45, 2.75) is 13.3 Å². The Hall–Kier alpha value is -2.54. The van der Waals surface area contributed by atoms with Gasteiger partial charge >= 0.3 is 5.69 Å². The number of nitrogens with zero attached hydrogens (tertiary/aromatic N) is 2. The normalized spacial score (nSPS) is 10.2. The lowest BCUT2D eigenvalue weighted by Gasteiger charge is -2.22. The second-order valence-corrected chi connectivity index (χ2v) is 4.46.